The first kappa shape index (κ1) is 33.7. The molecule has 0 amide bonds. The predicted octanol–water partition coefficient (Wildman–Crippen LogP) is 1.70. The standard InChI is InChI=1S/C27H35N5O9S3/c1-17(2)12-13-27(31-43(37,38)15-14-32(3)41-4)20-9-7-6-8-19(20)24(33)23(25(27)34)26-28-21-11-10-18(29-42(5,35)36)16-22(21)44(39,40)30-26/h6-11,16-17,23,29,31H,12-15H2,1-5H3,(H,28,30). The average Bonchev–Trinajstić information content (AvgIpc) is 2.92. The fourth-order valence-corrected chi connectivity index (χ4v) is 8.31. The molecule has 44 heavy (non-hydrogen) atoms. The third-order valence-electron chi connectivity index (χ3n) is 7.33. The van der Waals surface area contributed by atoms with Crippen LogP contribution in [-0.4, -0.2) is 80.4 Å². The number of carbonyl (C=O) groups is 2. The zero-order chi connectivity index (χ0) is 32.7. The number of sulfonamides is 3. The molecule has 2 aromatic rings. The Morgan fingerprint density at radius 2 is 1.80 bits per heavy atom. The Balaban J connectivity index is 1.85. The molecule has 4 rings (SSSR count). The van der Waals surface area contributed by atoms with Crippen LogP contribution in [0, 0.1) is 11.8 Å². The van der Waals surface area contributed by atoms with Crippen LogP contribution in [0.2, 0.25) is 0 Å². The molecule has 1 aliphatic carbocycles. The predicted molar refractivity (Wildman–Crippen MR) is 165 cm³/mol. The van der Waals surface area contributed by atoms with E-state index in [9.17, 15) is 34.8 Å². The number of rotatable bonds is 12. The van der Waals surface area contributed by atoms with E-state index < -0.39 is 64.7 Å². The van der Waals surface area contributed by atoms with Crippen molar-refractivity contribution in [2.45, 2.75) is 37.1 Å². The van der Waals surface area contributed by atoms with Crippen molar-refractivity contribution in [3.05, 3.63) is 53.6 Å². The van der Waals surface area contributed by atoms with Gasteiger partial charge < -0.3 is 10.2 Å². The second kappa shape index (κ2) is 12.3. The van der Waals surface area contributed by atoms with Gasteiger partial charge in [-0.2, -0.15) is 18.2 Å². The van der Waals surface area contributed by atoms with Crippen molar-refractivity contribution in [3.8, 4) is 0 Å². The SMILES string of the molecule is CON(C)CCS(=O)(=O)NC1(CCC(C)C)C(=O)C(C2=NS(=O)(=O)c3cc(NS(C)(=O)=O)ccc3N2)C(=O)c2ccccc21. The van der Waals surface area contributed by atoms with Crippen LogP contribution < -0.4 is 14.8 Å². The lowest BCUT2D eigenvalue weighted by Crippen LogP contribution is -2.61. The van der Waals surface area contributed by atoms with Gasteiger partial charge in [-0.05, 0) is 42.5 Å². The summed E-state index contributed by atoms with van der Waals surface area (Å²) < 4.78 is 85.5. The van der Waals surface area contributed by atoms with Crippen molar-refractivity contribution in [3.63, 3.8) is 0 Å². The van der Waals surface area contributed by atoms with Gasteiger partial charge in [0, 0.05) is 24.8 Å². The molecule has 0 aromatic heterocycles. The molecule has 14 nitrogen and oxygen atoms in total. The number of carbonyl (C=O) groups excluding carboxylic acids is 2. The number of hydrogen-bond acceptors (Lipinski definition) is 11. The van der Waals surface area contributed by atoms with E-state index in [1.165, 1.54) is 36.4 Å². The molecule has 0 fully saturated rings. The van der Waals surface area contributed by atoms with Crippen LogP contribution in [0.25, 0.3) is 0 Å². The number of Topliss-reactive ketones (excluding diaryl/α,β-unsaturated/α-hetero) is 2. The van der Waals surface area contributed by atoms with Crippen LogP contribution in [0.4, 0.5) is 11.4 Å². The third kappa shape index (κ3) is 7.02. The zero-order valence-electron chi connectivity index (χ0n) is 24.8. The van der Waals surface area contributed by atoms with Crippen molar-refractivity contribution >= 4 is 58.8 Å². The Morgan fingerprint density at radius 3 is 2.43 bits per heavy atom. The minimum absolute atomic E-state index is 0.0131. The Labute approximate surface area is 257 Å². The van der Waals surface area contributed by atoms with Crippen molar-refractivity contribution in [1.29, 1.82) is 0 Å². The summed E-state index contributed by atoms with van der Waals surface area (Å²) in [5.41, 5.74) is -1.76. The van der Waals surface area contributed by atoms with E-state index in [4.69, 9.17) is 4.84 Å². The van der Waals surface area contributed by atoms with E-state index in [1.54, 1.807) is 19.2 Å². The fraction of sp³-hybridized carbons (Fsp3) is 0.444. The van der Waals surface area contributed by atoms with Crippen molar-refractivity contribution in [1.82, 2.24) is 9.79 Å². The number of ketones is 2. The number of hydrogen-bond donors (Lipinski definition) is 3. The van der Waals surface area contributed by atoms with E-state index in [1.807, 2.05) is 13.8 Å². The summed E-state index contributed by atoms with van der Waals surface area (Å²) in [5.74, 6) is -4.29. The highest BCUT2D eigenvalue weighted by atomic mass is 32.2. The van der Waals surface area contributed by atoms with Crippen LogP contribution in [0.5, 0.6) is 0 Å². The molecule has 2 atom stereocenters. The summed E-state index contributed by atoms with van der Waals surface area (Å²) in [4.78, 5) is 33.1. The number of benzene rings is 2. The van der Waals surface area contributed by atoms with Crippen LogP contribution in [0.3, 0.4) is 0 Å². The summed E-state index contributed by atoms with van der Waals surface area (Å²) in [6.07, 6.45) is 1.28. The molecule has 0 spiro atoms. The van der Waals surface area contributed by atoms with Gasteiger partial charge in [-0.1, -0.05) is 38.1 Å². The smallest absolute Gasteiger partial charge is 0.286 e. The van der Waals surface area contributed by atoms with E-state index in [0.717, 1.165) is 12.3 Å². The molecule has 0 saturated heterocycles. The van der Waals surface area contributed by atoms with Gasteiger partial charge >= 0.3 is 0 Å². The Kier molecular flexibility index (Phi) is 9.40. The summed E-state index contributed by atoms with van der Waals surface area (Å²) in [5, 5.41) is 4.08. The minimum Gasteiger partial charge on any atom is -0.341 e. The van der Waals surface area contributed by atoms with Gasteiger partial charge in [-0.15, -0.1) is 4.40 Å². The largest absolute Gasteiger partial charge is 0.341 e. The van der Waals surface area contributed by atoms with E-state index in [-0.39, 0.29) is 46.3 Å². The number of amidine groups is 1. The number of nitrogens with zero attached hydrogens (tertiary/aromatic N) is 2. The lowest BCUT2D eigenvalue weighted by atomic mass is 9.67. The molecule has 0 bridgehead atoms. The molecule has 0 saturated carbocycles. The second-order valence-electron chi connectivity index (χ2n) is 11.2. The molecule has 2 aliphatic rings. The van der Waals surface area contributed by atoms with E-state index in [0.29, 0.717) is 6.42 Å². The highest BCUT2D eigenvalue weighted by Gasteiger charge is 2.55. The quantitative estimate of drug-likeness (QED) is 0.220. The number of anilines is 2. The lowest BCUT2D eigenvalue weighted by molar-refractivity contribution is -0.127. The van der Waals surface area contributed by atoms with Crippen LogP contribution in [0.1, 0.15) is 42.6 Å². The number of hydroxylamine groups is 2. The second-order valence-corrected chi connectivity index (χ2v) is 16.3. The Hall–Kier alpha value is -3.22. The maximum atomic E-state index is 14.6. The molecule has 2 aromatic carbocycles. The molecular weight excluding hydrogens is 635 g/mol. The van der Waals surface area contributed by atoms with Crippen LogP contribution in [0.15, 0.2) is 51.8 Å². The van der Waals surface area contributed by atoms with Gasteiger partial charge in [0.05, 0.1) is 24.8 Å². The highest BCUT2D eigenvalue weighted by Crippen LogP contribution is 2.42. The van der Waals surface area contributed by atoms with Crippen LogP contribution in [-0.2, 0) is 45.2 Å². The third-order valence-corrected chi connectivity index (χ3v) is 10.6. The van der Waals surface area contributed by atoms with Gasteiger partial charge in [-0.25, -0.2) is 16.8 Å². The molecule has 0 radical (unpaired) electrons. The fourth-order valence-electron chi connectivity index (χ4n) is 5.13. The van der Waals surface area contributed by atoms with Crippen molar-refractivity contribution in [2.24, 2.45) is 16.2 Å². The van der Waals surface area contributed by atoms with Gasteiger partial charge in [0.2, 0.25) is 20.0 Å². The first-order valence-corrected chi connectivity index (χ1v) is 18.6. The molecule has 1 heterocycles. The first-order chi connectivity index (χ1) is 20.4. The van der Waals surface area contributed by atoms with Crippen molar-refractivity contribution < 1.29 is 39.7 Å². The molecule has 1 aliphatic heterocycles. The number of nitrogens with one attached hydrogen (secondary N) is 3. The molecule has 3 N–H and O–H groups in total. The topological polar surface area (TPSA) is 197 Å². The van der Waals surface area contributed by atoms with Gasteiger partial charge in [-0.3, -0.25) is 14.3 Å². The Bertz CT molecular complexity index is 1840. The highest BCUT2D eigenvalue weighted by molar-refractivity contribution is 7.92. The van der Waals surface area contributed by atoms with Gasteiger partial charge in [0.1, 0.15) is 22.2 Å². The maximum absolute atomic E-state index is 14.6. The van der Waals surface area contributed by atoms with Gasteiger partial charge in [0.25, 0.3) is 10.0 Å². The van der Waals surface area contributed by atoms with E-state index in [2.05, 4.69) is 19.2 Å². The number of fused-ring (bicyclic) bond motifs is 2. The lowest BCUT2D eigenvalue weighted by Gasteiger charge is -2.41. The normalized spacial score (nSPS) is 21.4. The Morgan fingerprint density at radius 1 is 1.11 bits per heavy atom. The molecule has 240 valence electrons. The van der Waals surface area contributed by atoms with Crippen molar-refractivity contribution in [2.75, 3.05) is 42.7 Å². The summed E-state index contributed by atoms with van der Waals surface area (Å²) in [6.45, 7) is 3.78. The first-order valence-electron chi connectivity index (χ1n) is 13.6. The molecular formula is C27H35N5O9S3. The minimum atomic E-state index is -4.53. The van der Waals surface area contributed by atoms with Crippen LogP contribution >= 0.6 is 0 Å². The summed E-state index contributed by atoms with van der Waals surface area (Å²) in [7, 11) is -9.49. The maximum Gasteiger partial charge on any atom is 0.286 e. The summed E-state index contributed by atoms with van der Waals surface area (Å²) in [6, 6.07) is 9.79. The molecule has 2 unspecified atom stereocenters. The van der Waals surface area contributed by atoms with E-state index >= 15 is 0 Å². The molecule has 17 heteroatoms. The summed E-state index contributed by atoms with van der Waals surface area (Å²) >= 11 is 0. The zero-order valence-corrected chi connectivity index (χ0v) is 27.3. The van der Waals surface area contributed by atoms with Gasteiger partial charge in [0.15, 0.2) is 11.6 Å². The monoisotopic (exact) mass is 669 g/mol. The average molecular weight is 670 g/mol.